The van der Waals surface area contributed by atoms with Crippen LogP contribution in [0.5, 0.6) is 11.5 Å². The maximum Gasteiger partial charge on any atom is 0.289 e. The molecule has 0 bridgehead atoms. The lowest BCUT2D eigenvalue weighted by Gasteiger charge is -2.45. The minimum absolute atomic E-state index is 0.226. The number of nitrogens with zero attached hydrogens (tertiary/aromatic N) is 2. The van der Waals surface area contributed by atoms with E-state index in [1.54, 1.807) is 28.8 Å². The molecule has 9 heteroatoms. The molecule has 1 aromatic heterocycles. The number of carbonyl (C=O) groups excluding carboxylic acids is 1. The third-order valence-corrected chi connectivity index (χ3v) is 4.90. The van der Waals surface area contributed by atoms with E-state index in [9.17, 15) is 14.7 Å². The molecule has 0 radical (unpaired) electrons. The lowest BCUT2D eigenvalue weighted by molar-refractivity contribution is -0.193. The summed E-state index contributed by atoms with van der Waals surface area (Å²) in [5.74, 6) is -0.840. The smallest absolute Gasteiger partial charge is 0.289 e. The zero-order valence-electron chi connectivity index (χ0n) is 17.3. The Kier molecular flexibility index (Phi) is 7.09. The summed E-state index contributed by atoms with van der Waals surface area (Å²) in [6.07, 6.45) is 1.34. The van der Waals surface area contributed by atoms with Gasteiger partial charge in [0.1, 0.15) is 17.5 Å². The Morgan fingerprint density at radius 2 is 2.00 bits per heavy atom. The highest BCUT2D eigenvalue weighted by atomic mass is 16.7. The average molecular weight is 417 g/mol. The van der Waals surface area contributed by atoms with Crippen LogP contribution in [0.4, 0.5) is 0 Å². The van der Waals surface area contributed by atoms with Gasteiger partial charge in [0.25, 0.3) is 5.91 Å². The van der Waals surface area contributed by atoms with Crippen LogP contribution in [0, 0.1) is 0 Å². The van der Waals surface area contributed by atoms with Gasteiger partial charge in [-0.15, -0.1) is 0 Å². The predicted molar refractivity (Wildman–Crippen MR) is 109 cm³/mol. The molecule has 4 rings (SSSR count). The number of methoxy groups -OCH3 is 1. The van der Waals surface area contributed by atoms with Gasteiger partial charge in [0, 0.05) is 26.5 Å². The van der Waals surface area contributed by atoms with Crippen LogP contribution in [0.2, 0.25) is 0 Å². The number of carbonyl (C=O) groups is 1. The molecule has 9 nitrogen and oxygen atoms in total. The Morgan fingerprint density at radius 1 is 1.27 bits per heavy atom. The summed E-state index contributed by atoms with van der Waals surface area (Å²) in [5, 5.41) is 10.5. The molecule has 0 aliphatic carbocycles. The number of amides is 1. The van der Waals surface area contributed by atoms with E-state index in [0.717, 1.165) is 13.0 Å². The quantitative estimate of drug-likeness (QED) is 0.734. The maximum absolute atomic E-state index is 12.6. The molecule has 2 aromatic rings. The third kappa shape index (κ3) is 4.18. The van der Waals surface area contributed by atoms with Crippen molar-refractivity contribution >= 4 is 5.91 Å². The van der Waals surface area contributed by atoms with Gasteiger partial charge in [-0.3, -0.25) is 9.59 Å². The summed E-state index contributed by atoms with van der Waals surface area (Å²) in [6.45, 7) is 5.71. The van der Waals surface area contributed by atoms with E-state index in [0.29, 0.717) is 24.6 Å². The highest BCUT2D eigenvalue weighted by Crippen LogP contribution is 2.35. The molecule has 2 aliphatic heterocycles. The fourth-order valence-corrected chi connectivity index (χ4v) is 3.59. The summed E-state index contributed by atoms with van der Waals surface area (Å²) < 4.78 is 13.0. The summed E-state index contributed by atoms with van der Waals surface area (Å²) in [5.41, 5.74) is 1.55. The Bertz CT molecular complexity index is 930. The molecule has 0 spiro atoms. The van der Waals surface area contributed by atoms with E-state index in [2.05, 4.69) is 5.48 Å². The lowest BCUT2D eigenvalue weighted by Crippen LogP contribution is -2.52. The van der Waals surface area contributed by atoms with Crippen molar-refractivity contribution < 1.29 is 24.2 Å². The zero-order valence-corrected chi connectivity index (χ0v) is 17.3. The van der Waals surface area contributed by atoms with Crippen molar-refractivity contribution in [2.24, 2.45) is 0 Å². The standard InChI is InChI=1S/C19H21N3O6.C2H6/c1-26-19-15-17(24)16(23)13(18(25)20-28-12-6-3-2-4-7-12)10-21(15)11-14-22(19)8-5-9-27-14;1-2/h2-4,6-7,10,14,19,24H,5,8-9,11H2,1H3,(H,20,25);1-2H3. The number of hydroxylamine groups is 1. The van der Waals surface area contributed by atoms with Crippen LogP contribution in [-0.2, 0) is 16.0 Å². The van der Waals surface area contributed by atoms with Gasteiger partial charge < -0.3 is 24.0 Å². The topological polar surface area (TPSA) is 102 Å². The second-order valence-electron chi connectivity index (χ2n) is 6.61. The number of nitrogens with one attached hydrogen (secondary N) is 1. The molecule has 30 heavy (non-hydrogen) atoms. The SMILES string of the molecule is CC.COC1c2c(O)c(=O)c(C(=O)NOc3ccccc3)cn2CC2OCCCN21. The monoisotopic (exact) mass is 417 g/mol. The summed E-state index contributed by atoms with van der Waals surface area (Å²) in [7, 11) is 1.50. The zero-order chi connectivity index (χ0) is 21.7. The van der Waals surface area contributed by atoms with Gasteiger partial charge in [-0.25, -0.2) is 4.90 Å². The minimum Gasteiger partial charge on any atom is -0.503 e. The molecule has 1 aromatic carbocycles. The molecular formula is C21H27N3O6. The van der Waals surface area contributed by atoms with Crippen molar-refractivity contribution in [3.63, 3.8) is 0 Å². The molecule has 2 atom stereocenters. The van der Waals surface area contributed by atoms with Crippen LogP contribution in [0.3, 0.4) is 0 Å². The van der Waals surface area contributed by atoms with Crippen LogP contribution in [0.25, 0.3) is 0 Å². The molecule has 2 N–H and O–H groups in total. The molecule has 2 unspecified atom stereocenters. The number of para-hydroxylation sites is 1. The van der Waals surface area contributed by atoms with Crippen molar-refractivity contribution in [3.8, 4) is 11.5 Å². The van der Waals surface area contributed by atoms with E-state index in [-0.39, 0.29) is 11.8 Å². The van der Waals surface area contributed by atoms with Gasteiger partial charge in [-0.2, -0.15) is 5.48 Å². The van der Waals surface area contributed by atoms with Gasteiger partial charge in [-0.1, -0.05) is 32.0 Å². The highest BCUT2D eigenvalue weighted by Gasteiger charge is 2.39. The number of hydrogen-bond acceptors (Lipinski definition) is 7. The van der Waals surface area contributed by atoms with Gasteiger partial charge in [0.15, 0.2) is 17.7 Å². The number of ether oxygens (including phenoxy) is 2. The van der Waals surface area contributed by atoms with E-state index in [1.807, 2.05) is 24.8 Å². The highest BCUT2D eigenvalue weighted by molar-refractivity contribution is 5.93. The molecular weight excluding hydrogens is 390 g/mol. The fourth-order valence-electron chi connectivity index (χ4n) is 3.59. The normalized spacial score (nSPS) is 20.2. The van der Waals surface area contributed by atoms with Crippen molar-refractivity contribution in [2.75, 3.05) is 20.3 Å². The Labute approximate surface area is 174 Å². The van der Waals surface area contributed by atoms with Crippen LogP contribution in [-0.4, -0.2) is 47.0 Å². The van der Waals surface area contributed by atoms with Crippen LogP contribution < -0.4 is 15.7 Å². The van der Waals surface area contributed by atoms with Gasteiger partial charge in [0.2, 0.25) is 5.43 Å². The largest absolute Gasteiger partial charge is 0.503 e. The van der Waals surface area contributed by atoms with Crippen LogP contribution >= 0.6 is 0 Å². The molecule has 1 fully saturated rings. The number of pyridine rings is 1. The summed E-state index contributed by atoms with van der Waals surface area (Å²) >= 11 is 0. The van der Waals surface area contributed by atoms with Crippen LogP contribution in [0.15, 0.2) is 41.3 Å². The van der Waals surface area contributed by atoms with Crippen LogP contribution in [0.1, 0.15) is 42.5 Å². The van der Waals surface area contributed by atoms with E-state index in [1.165, 1.54) is 13.3 Å². The summed E-state index contributed by atoms with van der Waals surface area (Å²) in [6, 6.07) is 8.64. The van der Waals surface area contributed by atoms with E-state index >= 15 is 0 Å². The van der Waals surface area contributed by atoms with Crippen molar-refractivity contribution in [1.29, 1.82) is 0 Å². The van der Waals surface area contributed by atoms with Gasteiger partial charge >= 0.3 is 0 Å². The Morgan fingerprint density at radius 3 is 2.70 bits per heavy atom. The summed E-state index contributed by atoms with van der Waals surface area (Å²) in [4.78, 5) is 32.3. The second kappa shape index (κ2) is 9.75. The average Bonchev–Trinajstić information content (AvgIpc) is 2.80. The number of aromatic nitrogens is 1. The Hall–Kier alpha value is -2.88. The number of aromatic hydroxyl groups is 1. The first-order valence-electron chi connectivity index (χ1n) is 9.99. The lowest BCUT2D eigenvalue weighted by atomic mass is 10.1. The molecule has 3 heterocycles. The van der Waals surface area contributed by atoms with Crippen molar-refractivity contribution in [2.45, 2.75) is 39.3 Å². The number of benzene rings is 1. The molecule has 1 amide bonds. The third-order valence-electron chi connectivity index (χ3n) is 4.90. The number of rotatable bonds is 4. The molecule has 0 saturated carbocycles. The molecule has 1 saturated heterocycles. The van der Waals surface area contributed by atoms with E-state index < -0.39 is 23.3 Å². The fraction of sp³-hybridized carbons (Fsp3) is 0.429. The Balaban J connectivity index is 0.00000124. The first kappa shape index (κ1) is 21.8. The molecule has 2 aliphatic rings. The first-order chi connectivity index (χ1) is 14.6. The molecule has 162 valence electrons. The van der Waals surface area contributed by atoms with Crippen molar-refractivity contribution in [3.05, 3.63) is 58.0 Å². The minimum atomic E-state index is -0.779. The number of hydrogen-bond donors (Lipinski definition) is 2. The number of fused-ring (bicyclic) bond motifs is 2. The predicted octanol–water partition coefficient (Wildman–Crippen LogP) is 2.01. The van der Waals surface area contributed by atoms with E-state index in [4.69, 9.17) is 14.3 Å². The van der Waals surface area contributed by atoms with Gasteiger partial charge in [0.05, 0.1) is 6.54 Å². The van der Waals surface area contributed by atoms with Gasteiger partial charge in [-0.05, 0) is 18.6 Å². The van der Waals surface area contributed by atoms with Crippen molar-refractivity contribution in [1.82, 2.24) is 14.9 Å². The second-order valence-corrected chi connectivity index (χ2v) is 6.61. The maximum atomic E-state index is 12.6. The first-order valence-corrected chi connectivity index (χ1v) is 9.99.